The molecule has 4 aromatic rings. The molecule has 1 atom stereocenters. The molecule has 7 nitrogen and oxygen atoms in total. The predicted molar refractivity (Wildman–Crippen MR) is 115 cm³/mol. The van der Waals surface area contributed by atoms with Crippen molar-refractivity contribution in [1.82, 2.24) is 0 Å². The molecule has 0 saturated carbocycles. The van der Waals surface area contributed by atoms with Crippen molar-refractivity contribution in [3.63, 3.8) is 0 Å². The maximum atomic E-state index is 13.0. The van der Waals surface area contributed by atoms with Gasteiger partial charge in [0.2, 0.25) is 5.75 Å². The molecule has 158 valence electrons. The maximum Gasteiger partial charge on any atom is 0.204 e. The van der Waals surface area contributed by atoms with Crippen LogP contribution in [0.2, 0.25) is 0 Å². The van der Waals surface area contributed by atoms with Crippen LogP contribution in [0.3, 0.4) is 0 Å². The Labute approximate surface area is 177 Å². The standard InChI is InChI=1S/C24H20O7/c1-12(14-8-9-15(25)16(26)10-14)19-21(28)24(30-2)22(29)20-17(27)11-18(31-23(19)20)13-6-4-3-5-7-13/h3-12,25-26,28-29H,1-2H3. The summed E-state index contributed by atoms with van der Waals surface area (Å²) in [5, 5.41) is 40.9. The minimum Gasteiger partial charge on any atom is -0.504 e. The highest BCUT2D eigenvalue weighted by Crippen LogP contribution is 2.49. The number of hydrogen-bond acceptors (Lipinski definition) is 7. The van der Waals surface area contributed by atoms with Crippen LogP contribution in [0.4, 0.5) is 0 Å². The lowest BCUT2D eigenvalue weighted by Gasteiger charge is -2.19. The summed E-state index contributed by atoms with van der Waals surface area (Å²) in [5.41, 5.74) is 0.884. The molecule has 4 rings (SSSR count). The van der Waals surface area contributed by atoms with Gasteiger partial charge < -0.3 is 29.6 Å². The van der Waals surface area contributed by atoms with Crippen LogP contribution in [0.15, 0.2) is 63.8 Å². The summed E-state index contributed by atoms with van der Waals surface area (Å²) in [7, 11) is 1.27. The first-order valence-corrected chi connectivity index (χ1v) is 9.50. The Morgan fingerprint density at radius 1 is 0.903 bits per heavy atom. The summed E-state index contributed by atoms with van der Waals surface area (Å²) in [4.78, 5) is 13.0. The molecule has 31 heavy (non-hydrogen) atoms. The minimum absolute atomic E-state index is 0.00205. The average Bonchev–Trinajstić information content (AvgIpc) is 2.76. The third-order valence-corrected chi connectivity index (χ3v) is 5.31. The monoisotopic (exact) mass is 420 g/mol. The number of hydrogen-bond donors (Lipinski definition) is 4. The van der Waals surface area contributed by atoms with Crippen LogP contribution in [0.5, 0.6) is 28.7 Å². The Morgan fingerprint density at radius 3 is 2.26 bits per heavy atom. The van der Waals surface area contributed by atoms with Crippen molar-refractivity contribution in [2.24, 2.45) is 0 Å². The largest absolute Gasteiger partial charge is 0.504 e. The highest BCUT2D eigenvalue weighted by molar-refractivity contribution is 5.93. The summed E-state index contributed by atoms with van der Waals surface area (Å²) in [6.07, 6.45) is 0. The zero-order valence-electron chi connectivity index (χ0n) is 16.8. The first-order valence-electron chi connectivity index (χ1n) is 9.50. The van der Waals surface area contributed by atoms with Crippen molar-refractivity contribution in [2.45, 2.75) is 12.8 Å². The van der Waals surface area contributed by atoms with Crippen LogP contribution < -0.4 is 10.2 Å². The smallest absolute Gasteiger partial charge is 0.204 e. The normalized spacial score (nSPS) is 12.1. The third-order valence-electron chi connectivity index (χ3n) is 5.31. The second kappa shape index (κ2) is 7.60. The van der Waals surface area contributed by atoms with E-state index in [-0.39, 0.29) is 45.3 Å². The van der Waals surface area contributed by atoms with Crippen molar-refractivity contribution < 1.29 is 29.6 Å². The molecule has 0 amide bonds. The molecule has 0 aliphatic heterocycles. The Morgan fingerprint density at radius 2 is 1.61 bits per heavy atom. The topological polar surface area (TPSA) is 120 Å². The molecule has 0 fully saturated rings. The molecule has 0 radical (unpaired) electrons. The SMILES string of the molecule is COc1c(O)c(C(C)c2ccc(O)c(O)c2)c2oc(-c3ccccc3)cc(=O)c2c1O. The molecule has 0 aliphatic carbocycles. The highest BCUT2D eigenvalue weighted by Gasteiger charge is 2.28. The van der Waals surface area contributed by atoms with Gasteiger partial charge in [0, 0.05) is 23.1 Å². The molecular weight excluding hydrogens is 400 g/mol. The van der Waals surface area contributed by atoms with Crippen molar-refractivity contribution in [3.05, 3.63) is 75.9 Å². The number of phenolic OH excluding ortho intramolecular Hbond substituents is 4. The van der Waals surface area contributed by atoms with Crippen molar-refractivity contribution in [3.8, 4) is 40.1 Å². The number of rotatable bonds is 4. The van der Waals surface area contributed by atoms with Crippen molar-refractivity contribution >= 4 is 11.0 Å². The zero-order valence-corrected chi connectivity index (χ0v) is 16.8. The fraction of sp³-hybridized carbons (Fsp3) is 0.125. The summed E-state index contributed by atoms with van der Waals surface area (Å²) < 4.78 is 11.2. The van der Waals surface area contributed by atoms with Crippen molar-refractivity contribution in [1.29, 1.82) is 0 Å². The first kappa shape index (κ1) is 20.2. The molecule has 1 aromatic heterocycles. The summed E-state index contributed by atoms with van der Waals surface area (Å²) in [6.45, 7) is 1.73. The molecule has 1 heterocycles. The fourth-order valence-corrected chi connectivity index (χ4v) is 3.68. The van der Waals surface area contributed by atoms with Crippen LogP contribution in [-0.4, -0.2) is 27.5 Å². The Kier molecular flexibility index (Phi) is 4.94. The van der Waals surface area contributed by atoms with Gasteiger partial charge in [0.1, 0.15) is 16.7 Å². The molecule has 1 unspecified atom stereocenters. The van der Waals surface area contributed by atoms with E-state index in [2.05, 4.69) is 0 Å². The van der Waals surface area contributed by atoms with Gasteiger partial charge in [-0.05, 0) is 17.7 Å². The van der Waals surface area contributed by atoms with E-state index in [1.165, 1.54) is 25.3 Å². The number of benzene rings is 3. The Balaban J connectivity index is 2.07. The molecule has 0 saturated heterocycles. The van der Waals surface area contributed by atoms with Crippen LogP contribution >= 0.6 is 0 Å². The number of phenols is 4. The van der Waals surface area contributed by atoms with E-state index < -0.39 is 17.1 Å². The van der Waals surface area contributed by atoms with E-state index in [1.807, 2.05) is 6.07 Å². The van der Waals surface area contributed by atoms with Gasteiger partial charge in [-0.15, -0.1) is 0 Å². The van der Waals surface area contributed by atoms with E-state index in [0.29, 0.717) is 11.1 Å². The first-order chi connectivity index (χ1) is 14.8. The van der Waals surface area contributed by atoms with E-state index in [4.69, 9.17) is 9.15 Å². The van der Waals surface area contributed by atoms with Crippen LogP contribution in [0.25, 0.3) is 22.3 Å². The Hall–Kier alpha value is -4.13. The summed E-state index contributed by atoms with van der Waals surface area (Å²) in [5.74, 6) is -2.11. The molecular formula is C24H20O7. The minimum atomic E-state index is -0.599. The van der Waals surface area contributed by atoms with E-state index in [9.17, 15) is 25.2 Å². The summed E-state index contributed by atoms with van der Waals surface area (Å²) in [6, 6.07) is 14.5. The van der Waals surface area contributed by atoms with E-state index in [1.54, 1.807) is 37.3 Å². The van der Waals surface area contributed by atoms with Crippen LogP contribution in [-0.2, 0) is 0 Å². The number of fused-ring (bicyclic) bond motifs is 1. The highest BCUT2D eigenvalue weighted by atomic mass is 16.5. The number of methoxy groups -OCH3 is 1. The molecule has 7 heteroatoms. The molecule has 3 aromatic carbocycles. The molecule has 0 bridgehead atoms. The molecule has 4 N–H and O–H groups in total. The van der Waals surface area contributed by atoms with Gasteiger partial charge in [-0.3, -0.25) is 4.79 Å². The lowest BCUT2D eigenvalue weighted by atomic mass is 9.89. The second-order valence-corrected chi connectivity index (χ2v) is 7.16. The average molecular weight is 420 g/mol. The fourth-order valence-electron chi connectivity index (χ4n) is 3.68. The Bertz CT molecular complexity index is 1340. The lowest BCUT2D eigenvalue weighted by molar-refractivity contribution is 0.343. The number of ether oxygens (including phenoxy) is 1. The zero-order chi connectivity index (χ0) is 22.3. The van der Waals surface area contributed by atoms with Crippen LogP contribution in [0, 0.1) is 0 Å². The van der Waals surface area contributed by atoms with Gasteiger partial charge in [-0.2, -0.15) is 0 Å². The van der Waals surface area contributed by atoms with Gasteiger partial charge in [-0.25, -0.2) is 0 Å². The van der Waals surface area contributed by atoms with Crippen LogP contribution in [0.1, 0.15) is 24.0 Å². The lowest BCUT2D eigenvalue weighted by Crippen LogP contribution is -2.07. The van der Waals surface area contributed by atoms with Crippen molar-refractivity contribution in [2.75, 3.05) is 7.11 Å². The van der Waals surface area contributed by atoms with Gasteiger partial charge >= 0.3 is 0 Å². The number of aromatic hydroxyl groups is 4. The van der Waals surface area contributed by atoms with E-state index >= 15 is 0 Å². The van der Waals surface area contributed by atoms with E-state index in [0.717, 1.165) is 0 Å². The molecule has 0 spiro atoms. The summed E-state index contributed by atoms with van der Waals surface area (Å²) >= 11 is 0. The molecule has 0 aliphatic rings. The third kappa shape index (κ3) is 3.30. The van der Waals surface area contributed by atoms with Gasteiger partial charge in [0.25, 0.3) is 0 Å². The second-order valence-electron chi connectivity index (χ2n) is 7.16. The van der Waals surface area contributed by atoms with Gasteiger partial charge in [0.05, 0.1) is 7.11 Å². The predicted octanol–water partition coefficient (Wildman–Crippen LogP) is 4.44. The quantitative estimate of drug-likeness (QED) is 0.360. The van der Waals surface area contributed by atoms with Gasteiger partial charge in [-0.1, -0.05) is 43.3 Å². The van der Waals surface area contributed by atoms with Gasteiger partial charge in [0.15, 0.2) is 28.4 Å². The maximum absolute atomic E-state index is 13.0.